The van der Waals surface area contributed by atoms with E-state index in [1.54, 1.807) is 0 Å². The highest BCUT2D eigenvalue weighted by Gasteiger charge is 2.19. The van der Waals surface area contributed by atoms with Crippen molar-refractivity contribution in [2.24, 2.45) is 0 Å². The molecule has 0 spiro atoms. The van der Waals surface area contributed by atoms with Crippen LogP contribution in [0.4, 0.5) is 17.1 Å². The Labute approximate surface area is 292 Å². The SMILES string of the molecule is c1ccc(-c2ccc(-c3cccc4c3c3cc(N(c5ccccc5)c5ccc(-c6ccccc6)cc5)ccc3n4-c3ccccc3)cc2)cc1. The van der Waals surface area contributed by atoms with E-state index in [1.807, 2.05) is 0 Å². The molecule has 2 nitrogen and oxygen atoms in total. The van der Waals surface area contributed by atoms with Crippen LogP contribution in [0, 0.1) is 0 Å². The van der Waals surface area contributed by atoms with Crippen LogP contribution in [-0.4, -0.2) is 4.57 Å². The lowest BCUT2D eigenvalue weighted by molar-refractivity contribution is 1.18. The molecule has 0 fully saturated rings. The standard InChI is InChI=1S/C48H34N2/c1-5-14-35(15-6-1)37-24-26-39(27-25-37)44-22-13-23-47-48(44)45-34-43(32-33-46(45)50(47)41-20-11-4-12-21-41)49(40-18-9-3-10-19-40)42-30-28-38(29-31-42)36-16-7-2-8-17-36/h1-34H. The lowest BCUT2D eigenvalue weighted by atomic mass is 9.96. The average molecular weight is 639 g/mol. The van der Waals surface area contributed by atoms with E-state index in [0.29, 0.717) is 0 Å². The van der Waals surface area contributed by atoms with Crippen LogP contribution < -0.4 is 4.90 Å². The third kappa shape index (κ3) is 5.34. The van der Waals surface area contributed by atoms with Gasteiger partial charge in [-0.3, -0.25) is 0 Å². The second-order valence-electron chi connectivity index (χ2n) is 12.6. The summed E-state index contributed by atoms with van der Waals surface area (Å²) in [6, 6.07) is 74.0. The maximum absolute atomic E-state index is 2.40. The fourth-order valence-electron chi connectivity index (χ4n) is 7.22. The molecule has 0 aliphatic rings. The van der Waals surface area contributed by atoms with Gasteiger partial charge in [-0.2, -0.15) is 0 Å². The van der Waals surface area contributed by atoms with Crippen LogP contribution in [0.5, 0.6) is 0 Å². The summed E-state index contributed by atoms with van der Waals surface area (Å²) in [5, 5.41) is 2.46. The van der Waals surface area contributed by atoms with Gasteiger partial charge in [0, 0.05) is 33.5 Å². The zero-order chi connectivity index (χ0) is 33.3. The second kappa shape index (κ2) is 12.8. The molecule has 9 aromatic rings. The summed E-state index contributed by atoms with van der Waals surface area (Å²) in [5.41, 5.74) is 14.1. The Hall–Kier alpha value is -6.64. The fourth-order valence-corrected chi connectivity index (χ4v) is 7.22. The summed E-state index contributed by atoms with van der Waals surface area (Å²) in [6.45, 7) is 0. The van der Waals surface area contributed by atoms with E-state index in [1.165, 1.54) is 55.2 Å². The van der Waals surface area contributed by atoms with Crippen LogP contribution in [0.15, 0.2) is 206 Å². The first kappa shape index (κ1) is 29.5. The van der Waals surface area contributed by atoms with Crippen molar-refractivity contribution >= 4 is 38.9 Å². The molecule has 236 valence electrons. The van der Waals surface area contributed by atoms with Gasteiger partial charge < -0.3 is 9.47 Å². The molecular weight excluding hydrogens is 605 g/mol. The molecule has 2 heteroatoms. The van der Waals surface area contributed by atoms with E-state index in [0.717, 1.165) is 22.7 Å². The molecule has 0 unspecified atom stereocenters. The highest BCUT2D eigenvalue weighted by atomic mass is 15.1. The number of fused-ring (bicyclic) bond motifs is 3. The van der Waals surface area contributed by atoms with Gasteiger partial charge >= 0.3 is 0 Å². The number of para-hydroxylation sites is 2. The predicted octanol–water partition coefficient (Wildman–Crippen LogP) is 13.3. The number of nitrogens with zero attached hydrogens (tertiary/aromatic N) is 2. The fraction of sp³-hybridized carbons (Fsp3) is 0. The highest BCUT2D eigenvalue weighted by molar-refractivity contribution is 6.16. The van der Waals surface area contributed by atoms with E-state index in [9.17, 15) is 0 Å². The van der Waals surface area contributed by atoms with E-state index in [-0.39, 0.29) is 0 Å². The minimum absolute atomic E-state index is 1.11. The van der Waals surface area contributed by atoms with Crippen LogP contribution in [0.1, 0.15) is 0 Å². The number of rotatable bonds is 7. The number of benzene rings is 8. The van der Waals surface area contributed by atoms with Gasteiger partial charge in [-0.05, 0) is 94.0 Å². The van der Waals surface area contributed by atoms with Crippen molar-refractivity contribution in [3.8, 4) is 39.1 Å². The van der Waals surface area contributed by atoms with Crippen molar-refractivity contribution in [3.05, 3.63) is 206 Å². The maximum atomic E-state index is 2.40. The van der Waals surface area contributed by atoms with Gasteiger partial charge in [-0.1, -0.05) is 146 Å². The molecular formula is C48H34N2. The molecule has 0 aliphatic carbocycles. The Morgan fingerprint density at radius 3 is 1.42 bits per heavy atom. The zero-order valence-electron chi connectivity index (χ0n) is 27.5. The molecule has 1 heterocycles. The van der Waals surface area contributed by atoms with Gasteiger partial charge in [-0.15, -0.1) is 0 Å². The summed E-state index contributed by atoms with van der Waals surface area (Å²) >= 11 is 0. The monoisotopic (exact) mass is 638 g/mol. The second-order valence-corrected chi connectivity index (χ2v) is 12.6. The van der Waals surface area contributed by atoms with Crippen LogP contribution in [0.2, 0.25) is 0 Å². The molecule has 9 rings (SSSR count). The molecule has 0 amide bonds. The van der Waals surface area contributed by atoms with Gasteiger partial charge in [0.25, 0.3) is 0 Å². The topological polar surface area (TPSA) is 8.17 Å². The van der Waals surface area contributed by atoms with Crippen LogP contribution in [-0.2, 0) is 0 Å². The van der Waals surface area contributed by atoms with Gasteiger partial charge in [0.1, 0.15) is 0 Å². The first-order chi connectivity index (χ1) is 24.8. The normalized spacial score (nSPS) is 11.2. The highest BCUT2D eigenvalue weighted by Crippen LogP contribution is 2.43. The molecule has 0 bridgehead atoms. The van der Waals surface area contributed by atoms with Crippen molar-refractivity contribution < 1.29 is 0 Å². The van der Waals surface area contributed by atoms with Crippen molar-refractivity contribution in [1.29, 1.82) is 0 Å². The van der Waals surface area contributed by atoms with Crippen molar-refractivity contribution in [2.75, 3.05) is 4.90 Å². The van der Waals surface area contributed by atoms with E-state index in [4.69, 9.17) is 0 Å². The minimum atomic E-state index is 1.11. The lowest BCUT2D eigenvalue weighted by Gasteiger charge is -2.26. The third-order valence-corrected chi connectivity index (χ3v) is 9.60. The van der Waals surface area contributed by atoms with Crippen LogP contribution >= 0.6 is 0 Å². The maximum Gasteiger partial charge on any atom is 0.0547 e. The van der Waals surface area contributed by atoms with E-state index >= 15 is 0 Å². The zero-order valence-corrected chi connectivity index (χ0v) is 27.5. The third-order valence-electron chi connectivity index (χ3n) is 9.60. The van der Waals surface area contributed by atoms with Gasteiger partial charge in [0.2, 0.25) is 0 Å². The van der Waals surface area contributed by atoms with Crippen molar-refractivity contribution in [3.63, 3.8) is 0 Å². The Kier molecular flexibility index (Phi) is 7.53. The molecule has 8 aromatic carbocycles. The summed E-state index contributed by atoms with van der Waals surface area (Å²) in [5.74, 6) is 0. The minimum Gasteiger partial charge on any atom is -0.310 e. The van der Waals surface area contributed by atoms with Crippen molar-refractivity contribution in [2.45, 2.75) is 0 Å². The first-order valence-electron chi connectivity index (χ1n) is 17.1. The molecule has 0 N–H and O–H groups in total. The smallest absolute Gasteiger partial charge is 0.0547 e. The van der Waals surface area contributed by atoms with Gasteiger partial charge in [-0.25, -0.2) is 0 Å². The predicted molar refractivity (Wildman–Crippen MR) is 212 cm³/mol. The summed E-state index contributed by atoms with van der Waals surface area (Å²) < 4.78 is 2.40. The van der Waals surface area contributed by atoms with E-state index in [2.05, 4.69) is 216 Å². The first-order valence-corrected chi connectivity index (χ1v) is 17.1. The molecule has 0 radical (unpaired) electrons. The summed E-state index contributed by atoms with van der Waals surface area (Å²) in [6.07, 6.45) is 0. The number of hydrogen-bond donors (Lipinski definition) is 0. The molecule has 50 heavy (non-hydrogen) atoms. The molecule has 0 saturated carbocycles. The van der Waals surface area contributed by atoms with Gasteiger partial charge in [0.15, 0.2) is 0 Å². The Bertz CT molecular complexity index is 2540. The average Bonchev–Trinajstić information content (AvgIpc) is 3.54. The summed E-state index contributed by atoms with van der Waals surface area (Å²) in [7, 11) is 0. The Morgan fingerprint density at radius 2 is 0.800 bits per heavy atom. The Balaban J connectivity index is 1.24. The molecule has 1 aromatic heterocycles. The number of hydrogen-bond acceptors (Lipinski definition) is 1. The quantitative estimate of drug-likeness (QED) is 0.169. The van der Waals surface area contributed by atoms with Crippen LogP contribution in [0.25, 0.3) is 60.9 Å². The molecule has 0 saturated heterocycles. The Morgan fingerprint density at radius 1 is 0.320 bits per heavy atom. The molecule has 0 atom stereocenters. The largest absolute Gasteiger partial charge is 0.310 e. The molecule has 0 aliphatic heterocycles. The van der Waals surface area contributed by atoms with Gasteiger partial charge in [0.05, 0.1) is 11.0 Å². The van der Waals surface area contributed by atoms with Crippen LogP contribution in [0.3, 0.4) is 0 Å². The summed E-state index contributed by atoms with van der Waals surface area (Å²) in [4.78, 5) is 2.36. The lowest BCUT2D eigenvalue weighted by Crippen LogP contribution is -2.09. The number of anilines is 3. The van der Waals surface area contributed by atoms with E-state index < -0.39 is 0 Å². The van der Waals surface area contributed by atoms with Crippen molar-refractivity contribution in [1.82, 2.24) is 4.57 Å². The number of aromatic nitrogens is 1.